The molecule has 27 heavy (non-hydrogen) atoms. The second kappa shape index (κ2) is 7.53. The van der Waals surface area contributed by atoms with Crippen LogP contribution in [0.15, 0.2) is 60.9 Å². The Labute approximate surface area is 158 Å². The number of ether oxygens (including phenoxy) is 1. The van der Waals surface area contributed by atoms with Crippen LogP contribution in [0.3, 0.4) is 0 Å². The highest BCUT2D eigenvalue weighted by atomic mass is 16.5. The van der Waals surface area contributed by atoms with Crippen LogP contribution < -0.4 is 9.64 Å². The number of hydrogen-bond acceptors (Lipinski definition) is 3. The first-order valence-electron chi connectivity index (χ1n) is 9.04. The van der Waals surface area contributed by atoms with E-state index in [9.17, 15) is 4.79 Å². The van der Waals surface area contributed by atoms with E-state index < -0.39 is 0 Å². The molecule has 2 heterocycles. The molecule has 2 aromatic carbocycles. The van der Waals surface area contributed by atoms with E-state index in [-0.39, 0.29) is 6.03 Å². The summed E-state index contributed by atoms with van der Waals surface area (Å²) >= 11 is 0. The lowest BCUT2D eigenvalue weighted by Crippen LogP contribution is -2.33. The fourth-order valence-electron chi connectivity index (χ4n) is 3.42. The van der Waals surface area contributed by atoms with Gasteiger partial charge in [-0.05, 0) is 24.1 Å². The van der Waals surface area contributed by atoms with Crippen molar-refractivity contribution in [3.05, 3.63) is 66.5 Å². The number of rotatable bonds is 6. The van der Waals surface area contributed by atoms with Crippen LogP contribution in [0.2, 0.25) is 0 Å². The predicted molar refractivity (Wildman–Crippen MR) is 105 cm³/mol. The largest absolute Gasteiger partial charge is 0.496 e. The van der Waals surface area contributed by atoms with Gasteiger partial charge in [0.05, 0.1) is 13.3 Å². The fraction of sp³-hybridized carbons (Fsp3) is 0.238. The summed E-state index contributed by atoms with van der Waals surface area (Å²) in [4.78, 5) is 16.6. The quantitative estimate of drug-likeness (QED) is 0.729. The topological polar surface area (TPSA) is 61.5 Å². The molecule has 3 aromatic rings. The van der Waals surface area contributed by atoms with Crippen molar-refractivity contribution < 1.29 is 9.53 Å². The second-order valence-electron chi connectivity index (χ2n) is 6.53. The molecule has 2 amide bonds. The Bertz CT molecular complexity index is 909. The van der Waals surface area contributed by atoms with Gasteiger partial charge in [-0.3, -0.25) is 10.00 Å². The van der Waals surface area contributed by atoms with E-state index in [1.807, 2.05) is 52.4 Å². The maximum Gasteiger partial charge on any atom is 0.324 e. The molecule has 0 radical (unpaired) electrons. The zero-order valence-electron chi connectivity index (χ0n) is 15.3. The van der Waals surface area contributed by atoms with E-state index in [0.717, 1.165) is 42.1 Å². The van der Waals surface area contributed by atoms with E-state index in [1.54, 1.807) is 13.3 Å². The van der Waals surface area contributed by atoms with Crippen molar-refractivity contribution in [2.24, 2.45) is 0 Å². The number of anilines is 1. The Balaban J connectivity index is 1.48. The van der Waals surface area contributed by atoms with E-state index in [4.69, 9.17) is 4.74 Å². The molecule has 0 atom stereocenters. The summed E-state index contributed by atoms with van der Waals surface area (Å²) < 4.78 is 5.54. The number of amides is 2. The van der Waals surface area contributed by atoms with Crippen LogP contribution in [0.25, 0.3) is 11.1 Å². The summed E-state index contributed by atoms with van der Waals surface area (Å²) in [5.74, 6) is 0.726. The van der Waals surface area contributed by atoms with Gasteiger partial charge in [-0.2, -0.15) is 5.10 Å². The summed E-state index contributed by atoms with van der Waals surface area (Å²) in [6.45, 7) is 2.14. The van der Waals surface area contributed by atoms with Crippen molar-refractivity contribution in [2.45, 2.75) is 6.42 Å². The highest BCUT2D eigenvalue weighted by molar-refractivity contribution is 5.95. The first-order valence-corrected chi connectivity index (χ1v) is 9.04. The molecule has 1 aliphatic rings. The molecule has 6 nitrogen and oxygen atoms in total. The summed E-state index contributed by atoms with van der Waals surface area (Å²) in [5.41, 5.74) is 4.00. The molecule has 1 aliphatic heterocycles. The van der Waals surface area contributed by atoms with Crippen LogP contribution >= 0.6 is 0 Å². The Hall–Kier alpha value is -3.28. The number of urea groups is 1. The van der Waals surface area contributed by atoms with Crippen molar-refractivity contribution in [3.8, 4) is 16.9 Å². The number of hydrogen-bond donors (Lipinski definition) is 1. The maximum atomic E-state index is 12.8. The lowest BCUT2D eigenvalue weighted by Gasteiger charge is -2.20. The highest BCUT2D eigenvalue weighted by Crippen LogP contribution is 2.34. The summed E-state index contributed by atoms with van der Waals surface area (Å²) in [7, 11) is 1.64. The minimum absolute atomic E-state index is 0.0454. The van der Waals surface area contributed by atoms with Gasteiger partial charge in [0.1, 0.15) is 5.75 Å². The molecule has 1 aromatic heterocycles. The van der Waals surface area contributed by atoms with Crippen LogP contribution in [0, 0.1) is 0 Å². The molecule has 0 aliphatic carbocycles. The van der Waals surface area contributed by atoms with E-state index >= 15 is 0 Å². The minimum Gasteiger partial charge on any atom is -0.496 e. The van der Waals surface area contributed by atoms with E-state index in [1.165, 1.54) is 5.56 Å². The molecule has 1 saturated heterocycles. The van der Waals surface area contributed by atoms with E-state index in [2.05, 4.69) is 22.3 Å². The van der Waals surface area contributed by atoms with Crippen molar-refractivity contribution >= 4 is 11.7 Å². The summed E-state index contributed by atoms with van der Waals surface area (Å²) in [6.07, 6.45) is 4.44. The molecule has 1 N–H and O–H groups in total. The molecular weight excluding hydrogens is 340 g/mol. The number of H-pyrrole nitrogens is 1. The van der Waals surface area contributed by atoms with Gasteiger partial charge in [-0.1, -0.05) is 30.3 Å². The number of nitrogens with zero attached hydrogens (tertiary/aromatic N) is 3. The fourth-order valence-corrected chi connectivity index (χ4v) is 3.42. The average Bonchev–Trinajstić information content (AvgIpc) is 3.37. The first kappa shape index (κ1) is 17.1. The third-order valence-corrected chi connectivity index (χ3v) is 4.91. The zero-order valence-corrected chi connectivity index (χ0v) is 15.3. The van der Waals surface area contributed by atoms with Gasteiger partial charge in [0, 0.05) is 48.7 Å². The lowest BCUT2D eigenvalue weighted by molar-refractivity contribution is 0.221. The molecular formula is C21H22N4O2. The molecule has 0 saturated carbocycles. The van der Waals surface area contributed by atoms with Crippen LogP contribution in [-0.4, -0.2) is 47.9 Å². The molecule has 138 valence electrons. The molecule has 1 fully saturated rings. The number of carbonyl (C=O) groups excluding carboxylic acids is 1. The van der Waals surface area contributed by atoms with Gasteiger partial charge >= 0.3 is 6.03 Å². The molecule has 0 spiro atoms. The van der Waals surface area contributed by atoms with Gasteiger partial charge in [-0.15, -0.1) is 0 Å². The Kier molecular flexibility index (Phi) is 4.78. The third-order valence-electron chi connectivity index (χ3n) is 4.91. The number of carbonyl (C=O) groups is 1. The molecule has 0 bridgehead atoms. The van der Waals surface area contributed by atoms with Gasteiger partial charge < -0.3 is 9.64 Å². The third kappa shape index (κ3) is 3.51. The van der Waals surface area contributed by atoms with E-state index in [0.29, 0.717) is 6.54 Å². The van der Waals surface area contributed by atoms with Crippen molar-refractivity contribution in [1.29, 1.82) is 0 Å². The van der Waals surface area contributed by atoms with Gasteiger partial charge in [-0.25, -0.2) is 4.79 Å². The number of methoxy groups -OCH3 is 1. The van der Waals surface area contributed by atoms with Gasteiger partial charge in [0.25, 0.3) is 0 Å². The molecule has 0 unspecified atom stereocenters. The zero-order chi connectivity index (χ0) is 18.6. The van der Waals surface area contributed by atoms with Crippen LogP contribution in [0.4, 0.5) is 10.5 Å². The number of aromatic nitrogens is 2. The standard InChI is InChI=1S/C21H22N4O2/c1-27-20-13-18(7-8-19(20)17-14-22-23-15-17)25-12-11-24(21(25)26)10-9-16-5-3-2-4-6-16/h2-8,13-15H,9-12H2,1H3,(H,22,23). The van der Waals surface area contributed by atoms with Crippen molar-refractivity contribution in [3.63, 3.8) is 0 Å². The van der Waals surface area contributed by atoms with Crippen LogP contribution in [0.5, 0.6) is 5.75 Å². The summed E-state index contributed by atoms with van der Waals surface area (Å²) in [5, 5.41) is 6.80. The average molecular weight is 362 g/mol. The molecule has 4 rings (SSSR count). The highest BCUT2D eigenvalue weighted by Gasteiger charge is 2.29. The van der Waals surface area contributed by atoms with Crippen molar-refractivity contribution in [1.82, 2.24) is 15.1 Å². The Morgan fingerprint density at radius 2 is 2.00 bits per heavy atom. The number of benzene rings is 2. The van der Waals surface area contributed by atoms with Crippen LogP contribution in [-0.2, 0) is 6.42 Å². The second-order valence-corrected chi connectivity index (χ2v) is 6.53. The number of nitrogens with one attached hydrogen (secondary N) is 1. The normalized spacial score (nSPS) is 14.0. The van der Waals surface area contributed by atoms with Gasteiger partial charge in [0.15, 0.2) is 0 Å². The predicted octanol–water partition coefficient (Wildman–Crippen LogP) is 3.57. The maximum absolute atomic E-state index is 12.8. The summed E-state index contributed by atoms with van der Waals surface area (Å²) in [6, 6.07) is 16.2. The first-order chi connectivity index (χ1) is 13.3. The SMILES string of the molecule is COc1cc(N2CCN(CCc3ccccc3)C2=O)ccc1-c1cn[nH]c1. The smallest absolute Gasteiger partial charge is 0.324 e. The monoisotopic (exact) mass is 362 g/mol. The minimum atomic E-state index is 0.0454. The molecule has 6 heteroatoms. The van der Waals surface area contributed by atoms with Gasteiger partial charge in [0.2, 0.25) is 0 Å². The lowest BCUT2D eigenvalue weighted by atomic mass is 10.1. The Morgan fingerprint density at radius 1 is 1.15 bits per heavy atom. The van der Waals surface area contributed by atoms with Crippen molar-refractivity contribution in [2.75, 3.05) is 31.6 Å². The van der Waals surface area contributed by atoms with Crippen LogP contribution in [0.1, 0.15) is 5.56 Å². The Morgan fingerprint density at radius 3 is 2.74 bits per heavy atom. The number of aromatic amines is 1.